The zero-order chi connectivity index (χ0) is 13.9. The lowest BCUT2D eigenvalue weighted by molar-refractivity contribution is -0.121. The lowest BCUT2D eigenvalue weighted by Gasteiger charge is -2.01. The van der Waals surface area contributed by atoms with Crippen LogP contribution in [0.5, 0.6) is 0 Å². The number of benzene rings is 1. The van der Waals surface area contributed by atoms with E-state index in [0.717, 1.165) is 35.5 Å². The highest BCUT2D eigenvalue weighted by Gasteiger charge is 2.22. The molecule has 1 N–H and O–H groups in total. The molecular formula is C16H18N2OS. The van der Waals surface area contributed by atoms with Crippen LogP contribution < -0.4 is 5.32 Å². The van der Waals surface area contributed by atoms with Gasteiger partial charge in [0, 0.05) is 23.4 Å². The monoisotopic (exact) mass is 286 g/mol. The Morgan fingerprint density at radius 2 is 2.10 bits per heavy atom. The van der Waals surface area contributed by atoms with E-state index in [4.69, 9.17) is 0 Å². The van der Waals surface area contributed by atoms with Gasteiger partial charge in [0.2, 0.25) is 5.91 Å². The van der Waals surface area contributed by atoms with E-state index in [-0.39, 0.29) is 5.91 Å². The highest BCUT2D eigenvalue weighted by molar-refractivity contribution is 7.13. The Bertz CT molecular complexity index is 599. The number of amides is 1. The molecular weight excluding hydrogens is 268 g/mol. The van der Waals surface area contributed by atoms with Gasteiger partial charge in [0.15, 0.2) is 0 Å². The van der Waals surface area contributed by atoms with Crippen molar-refractivity contribution in [3.05, 3.63) is 40.9 Å². The highest BCUT2D eigenvalue weighted by Crippen LogP contribution is 2.24. The van der Waals surface area contributed by atoms with Crippen LogP contribution in [0.2, 0.25) is 0 Å². The average molecular weight is 286 g/mol. The fourth-order valence-corrected chi connectivity index (χ4v) is 2.88. The molecule has 0 radical (unpaired) electrons. The Morgan fingerprint density at radius 1 is 1.35 bits per heavy atom. The summed E-state index contributed by atoms with van der Waals surface area (Å²) in [6.07, 6.45) is 3.54. The molecule has 1 saturated carbocycles. The Kier molecular flexibility index (Phi) is 3.83. The number of hydrogen-bond donors (Lipinski definition) is 1. The second kappa shape index (κ2) is 5.75. The smallest absolute Gasteiger partial charge is 0.220 e. The molecule has 0 aliphatic heterocycles. The van der Waals surface area contributed by atoms with Crippen molar-refractivity contribution in [1.82, 2.24) is 10.3 Å². The molecule has 0 atom stereocenters. The summed E-state index contributed by atoms with van der Waals surface area (Å²) >= 11 is 1.64. The van der Waals surface area contributed by atoms with Crippen molar-refractivity contribution in [3.63, 3.8) is 0 Å². The summed E-state index contributed by atoms with van der Waals surface area (Å²) in [7, 11) is 0. The zero-order valence-corrected chi connectivity index (χ0v) is 12.4. The predicted octanol–water partition coefficient (Wildman–Crippen LogP) is 3.33. The normalized spacial score (nSPS) is 14.2. The van der Waals surface area contributed by atoms with Crippen LogP contribution in [-0.2, 0) is 11.2 Å². The van der Waals surface area contributed by atoms with Crippen LogP contribution in [-0.4, -0.2) is 16.9 Å². The van der Waals surface area contributed by atoms with Gasteiger partial charge in [-0.15, -0.1) is 11.3 Å². The minimum Gasteiger partial charge on any atom is -0.353 e. The van der Waals surface area contributed by atoms with Crippen molar-refractivity contribution >= 4 is 17.2 Å². The second-order valence-electron chi connectivity index (χ2n) is 5.35. The van der Waals surface area contributed by atoms with Crippen molar-refractivity contribution in [2.45, 2.75) is 38.6 Å². The van der Waals surface area contributed by atoms with Crippen LogP contribution in [0, 0.1) is 6.92 Å². The lowest BCUT2D eigenvalue weighted by atomic mass is 10.1. The maximum atomic E-state index is 11.6. The van der Waals surface area contributed by atoms with Crippen LogP contribution in [0.25, 0.3) is 10.6 Å². The van der Waals surface area contributed by atoms with Gasteiger partial charge in [-0.3, -0.25) is 4.79 Å². The van der Waals surface area contributed by atoms with E-state index in [9.17, 15) is 4.79 Å². The number of carbonyl (C=O) groups excluding carboxylic acids is 1. The van der Waals surface area contributed by atoms with E-state index in [2.05, 4.69) is 46.9 Å². The van der Waals surface area contributed by atoms with E-state index >= 15 is 0 Å². The molecule has 1 fully saturated rings. The molecule has 20 heavy (non-hydrogen) atoms. The summed E-state index contributed by atoms with van der Waals surface area (Å²) in [6.45, 7) is 2.08. The van der Waals surface area contributed by atoms with Gasteiger partial charge in [0.1, 0.15) is 5.01 Å². The minimum atomic E-state index is 0.150. The van der Waals surface area contributed by atoms with Crippen LogP contribution in [0.3, 0.4) is 0 Å². The third-order valence-corrected chi connectivity index (χ3v) is 4.34. The number of nitrogens with one attached hydrogen (secondary N) is 1. The maximum Gasteiger partial charge on any atom is 0.220 e. The van der Waals surface area contributed by atoms with Gasteiger partial charge in [-0.2, -0.15) is 0 Å². The van der Waals surface area contributed by atoms with Crippen molar-refractivity contribution < 1.29 is 4.79 Å². The first-order valence-electron chi connectivity index (χ1n) is 7.01. The summed E-state index contributed by atoms with van der Waals surface area (Å²) in [5.41, 5.74) is 3.41. The Morgan fingerprint density at radius 3 is 2.80 bits per heavy atom. The molecule has 2 aromatic rings. The number of nitrogens with zero attached hydrogens (tertiary/aromatic N) is 1. The van der Waals surface area contributed by atoms with Crippen molar-refractivity contribution in [2.75, 3.05) is 0 Å². The van der Waals surface area contributed by atoms with E-state index in [1.807, 2.05) is 0 Å². The summed E-state index contributed by atoms with van der Waals surface area (Å²) in [5, 5.41) is 6.09. The first-order chi connectivity index (χ1) is 9.70. The first-order valence-corrected chi connectivity index (χ1v) is 7.89. The van der Waals surface area contributed by atoms with Crippen molar-refractivity contribution in [3.8, 4) is 10.6 Å². The fourth-order valence-electron chi connectivity index (χ4n) is 2.02. The van der Waals surface area contributed by atoms with Gasteiger partial charge in [-0.25, -0.2) is 4.98 Å². The Labute approximate surface area is 123 Å². The van der Waals surface area contributed by atoms with Crippen LogP contribution in [0.4, 0.5) is 0 Å². The van der Waals surface area contributed by atoms with Gasteiger partial charge < -0.3 is 5.32 Å². The predicted molar refractivity (Wildman–Crippen MR) is 81.8 cm³/mol. The number of aromatic nitrogens is 1. The summed E-state index contributed by atoms with van der Waals surface area (Å²) in [6, 6.07) is 8.83. The number of carbonyl (C=O) groups is 1. The lowest BCUT2D eigenvalue weighted by Crippen LogP contribution is -2.25. The van der Waals surface area contributed by atoms with E-state index in [1.165, 1.54) is 5.56 Å². The zero-order valence-electron chi connectivity index (χ0n) is 11.6. The third kappa shape index (κ3) is 3.45. The van der Waals surface area contributed by atoms with Gasteiger partial charge in [-0.05, 0) is 26.2 Å². The average Bonchev–Trinajstić information content (AvgIpc) is 3.12. The van der Waals surface area contributed by atoms with Gasteiger partial charge in [0.05, 0.1) is 5.69 Å². The molecule has 1 aliphatic carbocycles. The molecule has 0 bridgehead atoms. The fraction of sp³-hybridized carbons (Fsp3) is 0.375. The summed E-state index contributed by atoms with van der Waals surface area (Å²) < 4.78 is 0. The maximum absolute atomic E-state index is 11.6. The third-order valence-electron chi connectivity index (χ3n) is 3.40. The van der Waals surface area contributed by atoms with Gasteiger partial charge in [-0.1, -0.05) is 29.8 Å². The summed E-state index contributed by atoms with van der Waals surface area (Å²) in [5.74, 6) is 0.150. The van der Waals surface area contributed by atoms with E-state index < -0.39 is 0 Å². The molecule has 0 unspecified atom stereocenters. The van der Waals surface area contributed by atoms with E-state index in [0.29, 0.717) is 12.5 Å². The molecule has 3 nitrogen and oxygen atoms in total. The summed E-state index contributed by atoms with van der Waals surface area (Å²) in [4.78, 5) is 16.3. The SMILES string of the molecule is Cc1ccc(-c2nc(CCC(=O)NC3CC3)cs2)cc1. The molecule has 1 aromatic carbocycles. The minimum absolute atomic E-state index is 0.150. The number of rotatable bonds is 5. The molecule has 1 aromatic heterocycles. The van der Waals surface area contributed by atoms with Crippen molar-refractivity contribution in [2.24, 2.45) is 0 Å². The standard InChI is InChI=1S/C16H18N2OS/c1-11-2-4-12(5-3-11)16-18-14(10-20-16)8-9-15(19)17-13-6-7-13/h2-5,10,13H,6-9H2,1H3,(H,17,19). The van der Waals surface area contributed by atoms with Gasteiger partial charge in [0.25, 0.3) is 0 Å². The van der Waals surface area contributed by atoms with E-state index in [1.54, 1.807) is 11.3 Å². The molecule has 4 heteroatoms. The first kappa shape index (κ1) is 13.3. The number of thiazole rings is 1. The molecule has 0 spiro atoms. The van der Waals surface area contributed by atoms with Crippen LogP contribution in [0.1, 0.15) is 30.5 Å². The Balaban J connectivity index is 1.58. The quantitative estimate of drug-likeness (QED) is 0.916. The molecule has 104 valence electrons. The number of hydrogen-bond acceptors (Lipinski definition) is 3. The highest BCUT2D eigenvalue weighted by atomic mass is 32.1. The molecule has 1 amide bonds. The Hall–Kier alpha value is -1.68. The molecule has 3 rings (SSSR count). The van der Waals surface area contributed by atoms with Crippen LogP contribution in [0.15, 0.2) is 29.6 Å². The topological polar surface area (TPSA) is 42.0 Å². The second-order valence-corrected chi connectivity index (χ2v) is 6.21. The largest absolute Gasteiger partial charge is 0.353 e. The van der Waals surface area contributed by atoms with Gasteiger partial charge >= 0.3 is 0 Å². The molecule has 1 aliphatic rings. The number of aryl methyl sites for hydroxylation is 2. The van der Waals surface area contributed by atoms with Crippen molar-refractivity contribution in [1.29, 1.82) is 0 Å². The van der Waals surface area contributed by atoms with Crippen LogP contribution >= 0.6 is 11.3 Å². The molecule has 1 heterocycles. The molecule has 0 saturated heterocycles.